The molecule has 6 heteroatoms. The van der Waals surface area contributed by atoms with E-state index in [9.17, 15) is 4.79 Å². The van der Waals surface area contributed by atoms with E-state index in [2.05, 4.69) is 28.1 Å². The number of hydrogen-bond acceptors (Lipinski definition) is 5. The molecule has 2 aromatic rings. The summed E-state index contributed by atoms with van der Waals surface area (Å²) in [4.78, 5) is 11.9. The minimum Gasteiger partial charge on any atom is -0.489 e. The molecule has 0 spiro atoms. The van der Waals surface area contributed by atoms with E-state index in [1.165, 1.54) is 12.7 Å². The van der Waals surface area contributed by atoms with E-state index in [1.807, 2.05) is 18.2 Å². The van der Waals surface area contributed by atoms with E-state index in [0.717, 1.165) is 27.1 Å². The predicted molar refractivity (Wildman–Crippen MR) is 99.6 cm³/mol. The summed E-state index contributed by atoms with van der Waals surface area (Å²) in [6, 6.07) is 11.7. The number of nitrogens with two attached hydrogens (primary N) is 1. The topological polar surface area (TPSA) is 61.5 Å². The lowest BCUT2D eigenvalue weighted by Gasteiger charge is -2.19. The van der Waals surface area contributed by atoms with Crippen molar-refractivity contribution in [3.8, 4) is 5.75 Å². The van der Waals surface area contributed by atoms with Crippen molar-refractivity contribution in [3.63, 3.8) is 0 Å². The van der Waals surface area contributed by atoms with Gasteiger partial charge in [0, 0.05) is 22.3 Å². The third-order valence-corrected chi connectivity index (χ3v) is 5.70. The Kier molecular flexibility index (Phi) is 5.48. The first-order valence-corrected chi connectivity index (χ1v) is 9.43. The largest absolute Gasteiger partial charge is 0.489 e. The van der Waals surface area contributed by atoms with Crippen LogP contribution in [0.2, 0.25) is 0 Å². The van der Waals surface area contributed by atoms with Gasteiger partial charge >= 0.3 is 5.97 Å². The highest BCUT2D eigenvalue weighted by Crippen LogP contribution is 2.45. The first kappa shape index (κ1) is 17.3. The van der Waals surface area contributed by atoms with E-state index in [-0.39, 0.29) is 11.2 Å². The van der Waals surface area contributed by atoms with Gasteiger partial charge in [0.2, 0.25) is 0 Å². The molecule has 3 rings (SSSR count). The molecule has 0 saturated heterocycles. The van der Waals surface area contributed by atoms with Crippen molar-refractivity contribution < 1.29 is 14.3 Å². The van der Waals surface area contributed by atoms with Crippen LogP contribution in [0.5, 0.6) is 5.75 Å². The van der Waals surface area contributed by atoms with E-state index >= 15 is 0 Å². The Bertz CT molecular complexity index is 766. The molecule has 1 aliphatic heterocycles. The van der Waals surface area contributed by atoms with Crippen LogP contribution in [0.15, 0.2) is 40.9 Å². The van der Waals surface area contributed by atoms with Gasteiger partial charge in [-0.25, -0.2) is 4.79 Å². The number of fused-ring (bicyclic) bond motifs is 2. The van der Waals surface area contributed by atoms with Gasteiger partial charge in [-0.2, -0.15) is 0 Å². The number of esters is 1. The molecule has 24 heavy (non-hydrogen) atoms. The van der Waals surface area contributed by atoms with Crippen LogP contribution >= 0.6 is 27.7 Å². The third-order valence-electron chi connectivity index (χ3n) is 3.89. The summed E-state index contributed by atoms with van der Waals surface area (Å²) in [6.07, 6.45) is 0. The number of hydrogen-bond donors (Lipinski definition) is 1. The molecule has 0 amide bonds. The van der Waals surface area contributed by atoms with Crippen LogP contribution in [0.4, 0.5) is 0 Å². The van der Waals surface area contributed by atoms with Crippen LogP contribution in [-0.2, 0) is 11.3 Å². The number of benzene rings is 2. The van der Waals surface area contributed by atoms with Crippen LogP contribution in [-0.4, -0.2) is 25.4 Å². The number of carbonyl (C=O) groups is 1. The summed E-state index contributed by atoms with van der Waals surface area (Å²) >= 11 is 5.31. The lowest BCUT2D eigenvalue weighted by Crippen LogP contribution is -2.07. The Morgan fingerprint density at radius 2 is 2.17 bits per heavy atom. The Labute approximate surface area is 153 Å². The molecular formula is C18H18BrNO3S. The Morgan fingerprint density at radius 3 is 2.92 bits per heavy atom. The zero-order valence-electron chi connectivity index (χ0n) is 13.3. The molecule has 126 valence electrons. The van der Waals surface area contributed by atoms with Crippen molar-refractivity contribution in [3.05, 3.63) is 63.1 Å². The van der Waals surface area contributed by atoms with Crippen LogP contribution < -0.4 is 10.5 Å². The highest BCUT2D eigenvalue weighted by molar-refractivity contribution is 9.10. The van der Waals surface area contributed by atoms with Crippen LogP contribution in [0, 0.1) is 0 Å². The zero-order valence-corrected chi connectivity index (χ0v) is 15.7. The van der Waals surface area contributed by atoms with Crippen molar-refractivity contribution >= 4 is 33.7 Å². The van der Waals surface area contributed by atoms with Gasteiger partial charge < -0.3 is 15.2 Å². The van der Waals surface area contributed by atoms with Crippen LogP contribution in [0.1, 0.15) is 32.3 Å². The minimum atomic E-state index is -0.348. The molecule has 4 nitrogen and oxygen atoms in total. The molecule has 1 heterocycles. The Hall–Kier alpha value is -1.50. The second-order valence-electron chi connectivity index (χ2n) is 5.42. The first-order chi connectivity index (χ1) is 11.6. The lowest BCUT2D eigenvalue weighted by molar-refractivity contribution is 0.0600. The van der Waals surface area contributed by atoms with Gasteiger partial charge in [0.25, 0.3) is 0 Å². The van der Waals surface area contributed by atoms with Gasteiger partial charge in [0.1, 0.15) is 12.4 Å². The SMILES string of the molecule is COC(=O)c1ccc2c(c1)C(SCCN)c1cc(Br)ccc1CO2. The number of thioether (sulfide) groups is 1. The molecule has 0 radical (unpaired) electrons. The summed E-state index contributed by atoms with van der Waals surface area (Å²) in [6.45, 7) is 1.10. The van der Waals surface area contributed by atoms with Crippen molar-refractivity contribution in [1.82, 2.24) is 0 Å². The van der Waals surface area contributed by atoms with Crippen molar-refractivity contribution in [2.75, 3.05) is 19.4 Å². The molecule has 2 N–H and O–H groups in total. The molecule has 0 saturated carbocycles. The maximum Gasteiger partial charge on any atom is 0.337 e. The Balaban J connectivity index is 2.12. The predicted octanol–water partition coefficient (Wildman–Crippen LogP) is 3.91. The molecule has 0 aromatic heterocycles. The van der Waals surface area contributed by atoms with Gasteiger partial charge in [0.15, 0.2) is 0 Å². The monoisotopic (exact) mass is 407 g/mol. The minimum absolute atomic E-state index is 0.0585. The van der Waals surface area contributed by atoms with Gasteiger partial charge in [-0.05, 0) is 41.5 Å². The molecule has 0 aliphatic carbocycles. The van der Waals surface area contributed by atoms with Gasteiger partial charge in [-0.3, -0.25) is 0 Å². The molecule has 1 unspecified atom stereocenters. The normalized spacial score (nSPS) is 15.7. The smallest absolute Gasteiger partial charge is 0.337 e. The van der Waals surface area contributed by atoms with Crippen LogP contribution in [0.3, 0.4) is 0 Å². The fraction of sp³-hybridized carbons (Fsp3) is 0.278. The molecule has 0 bridgehead atoms. The second-order valence-corrected chi connectivity index (χ2v) is 7.54. The fourth-order valence-electron chi connectivity index (χ4n) is 2.76. The molecule has 0 fully saturated rings. The molecular weight excluding hydrogens is 390 g/mol. The van der Waals surface area contributed by atoms with Gasteiger partial charge in [-0.1, -0.05) is 22.0 Å². The molecule has 1 atom stereocenters. The first-order valence-electron chi connectivity index (χ1n) is 7.59. The summed E-state index contributed by atoms with van der Waals surface area (Å²) in [7, 11) is 1.39. The highest BCUT2D eigenvalue weighted by atomic mass is 79.9. The van der Waals surface area contributed by atoms with Crippen LogP contribution in [0.25, 0.3) is 0 Å². The number of ether oxygens (including phenoxy) is 2. The zero-order chi connectivity index (χ0) is 17.1. The van der Waals surface area contributed by atoms with E-state index in [0.29, 0.717) is 18.7 Å². The number of rotatable bonds is 4. The maximum atomic E-state index is 11.9. The molecule has 2 aromatic carbocycles. The summed E-state index contributed by atoms with van der Waals surface area (Å²) in [5.41, 5.74) is 9.55. The fourth-order valence-corrected chi connectivity index (χ4v) is 4.27. The standard InChI is InChI=1S/C18H18BrNO3S/c1-22-18(21)11-3-5-16-15(8-11)17(24-7-6-20)14-9-13(19)4-2-12(14)10-23-16/h2-5,8-9,17H,6-7,10,20H2,1H3. The Morgan fingerprint density at radius 1 is 1.33 bits per heavy atom. The highest BCUT2D eigenvalue weighted by Gasteiger charge is 2.26. The van der Waals surface area contributed by atoms with Crippen molar-refractivity contribution in [1.29, 1.82) is 0 Å². The lowest BCUT2D eigenvalue weighted by atomic mass is 9.98. The number of halogens is 1. The summed E-state index contributed by atoms with van der Waals surface area (Å²) in [5, 5.41) is 0.0585. The number of carbonyl (C=O) groups excluding carboxylic acids is 1. The average Bonchev–Trinajstić information content (AvgIpc) is 2.75. The summed E-state index contributed by atoms with van der Waals surface area (Å²) < 4.78 is 11.9. The van der Waals surface area contributed by atoms with E-state index in [4.69, 9.17) is 15.2 Å². The van der Waals surface area contributed by atoms with Crippen molar-refractivity contribution in [2.45, 2.75) is 11.9 Å². The third kappa shape index (κ3) is 3.45. The van der Waals surface area contributed by atoms with Gasteiger partial charge in [-0.15, -0.1) is 11.8 Å². The van der Waals surface area contributed by atoms with Crippen molar-refractivity contribution in [2.24, 2.45) is 5.73 Å². The average molecular weight is 408 g/mol. The maximum absolute atomic E-state index is 11.9. The number of methoxy groups -OCH3 is 1. The van der Waals surface area contributed by atoms with E-state index in [1.54, 1.807) is 17.8 Å². The molecule has 1 aliphatic rings. The second kappa shape index (κ2) is 7.59. The van der Waals surface area contributed by atoms with E-state index < -0.39 is 0 Å². The van der Waals surface area contributed by atoms with Gasteiger partial charge in [0.05, 0.1) is 17.9 Å². The quantitative estimate of drug-likeness (QED) is 0.778. The summed E-state index contributed by atoms with van der Waals surface area (Å²) in [5.74, 6) is 1.27.